The second-order valence-corrected chi connectivity index (χ2v) is 7.74. The van der Waals surface area contributed by atoms with Crippen LogP contribution < -0.4 is 0 Å². The van der Waals surface area contributed by atoms with Crippen molar-refractivity contribution in [3.63, 3.8) is 0 Å². The molecule has 1 atom stereocenters. The highest BCUT2D eigenvalue weighted by Crippen LogP contribution is 2.36. The maximum Gasteiger partial charge on any atom is 0.232 e. The van der Waals surface area contributed by atoms with Gasteiger partial charge in [-0.15, -0.1) is 0 Å². The van der Waals surface area contributed by atoms with Gasteiger partial charge >= 0.3 is 0 Å². The fraction of sp³-hybridized carbons (Fsp3) is 0.579. The summed E-state index contributed by atoms with van der Waals surface area (Å²) in [6, 6.07) is 10.5. The van der Waals surface area contributed by atoms with Crippen molar-refractivity contribution >= 4 is 0 Å². The molecule has 1 aliphatic carbocycles. The van der Waals surface area contributed by atoms with Crippen LogP contribution in [0.25, 0.3) is 0 Å². The van der Waals surface area contributed by atoms with Gasteiger partial charge in [-0.1, -0.05) is 56.3 Å². The molecule has 0 amide bonds. The van der Waals surface area contributed by atoms with Crippen molar-refractivity contribution in [1.29, 1.82) is 0 Å². The van der Waals surface area contributed by atoms with E-state index in [1.165, 1.54) is 18.4 Å². The van der Waals surface area contributed by atoms with E-state index in [2.05, 4.69) is 47.9 Å². The molecule has 24 heavy (non-hydrogen) atoms. The summed E-state index contributed by atoms with van der Waals surface area (Å²) in [6.07, 6.45) is 2.38. The fourth-order valence-corrected chi connectivity index (χ4v) is 2.96. The molecular weight excluding hydrogens is 302 g/mol. The molecule has 0 saturated heterocycles. The van der Waals surface area contributed by atoms with Gasteiger partial charge in [-0.2, -0.15) is 4.98 Å². The molecule has 130 valence electrons. The van der Waals surface area contributed by atoms with E-state index in [1.807, 2.05) is 18.2 Å². The monoisotopic (exact) mass is 329 g/mol. The van der Waals surface area contributed by atoms with Gasteiger partial charge in [0.05, 0.1) is 13.2 Å². The Morgan fingerprint density at radius 2 is 1.92 bits per heavy atom. The molecule has 1 saturated carbocycles. The highest BCUT2D eigenvalue weighted by Gasteiger charge is 2.35. The number of aliphatic hydroxyl groups excluding tert-OH is 1. The van der Waals surface area contributed by atoms with E-state index >= 15 is 0 Å². The predicted molar refractivity (Wildman–Crippen MR) is 92.3 cm³/mol. The molecule has 1 heterocycles. The highest BCUT2D eigenvalue weighted by atomic mass is 16.5. The van der Waals surface area contributed by atoms with Crippen molar-refractivity contribution in [2.45, 2.75) is 58.2 Å². The first-order valence-corrected chi connectivity index (χ1v) is 8.69. The Morgan fingerprint density at radius 3 is 2.46 bits per heavy atom. The van der Waals surface area contributed by atoms with Crippen LogP contribution >= 0.6 is 0 Å². The standard InChI is InChI=1S/C19H27N3O2/c1-19(2,3)18-20-17(21-24-18)12-22(16(13-23)15-9-10-15)11-14-7-5-4-6-8-14/h4-8,15-16,23H,9-13H2,1-3H3. The van der Waals surface area contributed by atoms with Gasteiger partial charge in [0, 0.05) is 18.0 Å². The predicted octanol–water partition coefficient (Wildman–Crippen LogP) is 3.14. The van der Waals surface area contributed by atoms with E-state index in [4.69, 9.17) is 4.52 Å². The van der Waals surface area contributed by atoms with Gasteiger partial charge in [-0.05, 0) is 24.3 Å². The minimum atomic E-state index is -0.150. The largest absolute Gasteiger partial charge is 0.395 e. The van der Waals surface area contributed by atoms with Crippen molar-refractivity contribution in [1.82, 2.24) is 15.0 Å². The number of nitrogens with zero attached hydrogens (tertiary/aromatic N) is 3. The average Bonchev–Trinajstić information content (AvgIpc) is 3.25. The van der Waals surface area contributed by atoms with E-state index in [-0.39, 0.29) is 18.1 Å². The first-order valence-electron chi connectivity index (χ1n) is 8.69. The summed E-state index contributed by atoms with van der Waals surface area (Å²) >= 11 is 0. The number of aromatic nitrogens is 2. The second kappa shape index (κ2) is 7.03. The molecule has 1 N–H and O–H groups in total. The Morgan fingerprint density at radius 1 is 1.21 bits per heavy atom. The zero-order valence-corrected chi connectivity index (χ0v) is 14.8. The van der Waals surface area contributed by atoms with E-state index in [0.717, 1.165) is 6.54 Å². The Balaban J connectivity index is 1.77. The van der Waals surface area contributed by atoms with Crippen LogP contribution in [0.2, 0.25) is 0 Å². The average molecular weight is 329 g/mol. The van der Waals surface area contributed by atoms with Gasteiger partial charge in [-0.3, -0.25) is 4.90 Å². The Labute approximate surface area is 143 Å². The molecular formula is C19H27N3O2. The van der Waals surface area contributed by atoms with Crippen LogP contribution in [0, 0.1) is 5.92 Å². The topological polar surface area (TPSA) is 62.4 Å². The van der Waals surface area contributed by atoms with Gasteiger partial charge in [0.1, 0.15) is 0 Å². The number of rotatable bonds is 7. The molecule has 1 aromatic heterocycles. The van der Waals surface area contributed by atoms with E-state index in [9.17, 15) is 5.11 Å². The number of benzene rings is 1. The van der Waals surface area contributed by atoms with Crippen LogP contribution in [-0.4, -0.2) is 32.8 Å². The maximum absolute atomic E-state index is 9.89. The first-order chi connectivity index (χ1) is 11.5. The maximum atomic E-state index is 9.89. The third kappa shape index (κ3) is 4.22. The Kier molecular flexibility index (Phi) is 5.01. The van der Waals surface area contributed by atoms with E-state index < -0.39 is 0 Å². The van der Waals surface area contributed by atoms with E-state index in [0.29, 0.717) is 24.2 Å². The van der Waals surface area contributed by atoms with Gasteiger partial charge in [0.25, 0.3) is 0 Å². The Bertz CT molecular complexity index is 644. The summed E-state index contributed by atoms with van der Waals surface area (Å²) in [6.45, 7) is 7.73. The van der Waals surface area contributed by atoms with Crippen molar-refractivity contribution < 1.29 is 9.63 Å². The number of aliphatic hydroxyl groups is 1. The fourth-order valence-electron chi connectivity index (χ4n) is 2.96. The summed E-state index contributed by atoms with van der Waals surface area (Å²) in [4.78, 5) is 6.84. The molecule has 0 aliphatic heterocycles. The molecule has 1 aromatic carbocycles. The third-order valence-corrected chi connectivity index (χ3v) is 4.50. The quantitative estimate of drug-likeness (QED) is 0.845. The van der Waals surface area contributed by atoms with Crippen LogP contribution in [0.3, 0.4) is 0 Å². The normalized spacial score (nSPS) is 16.5. The summed E-state index contributed by atoms with van der Waals surface area (Å²) in [5.41, 5.74) is 1.08. The molecule has 1 fully saturated rings. The van der Waals surface area contributed by atoms with Crippen LogP contribution in [0.4, 0.5) is 0 Å². The minimum absolute atomic E-state index is 0.150. The zero-order chi connectivity index (χ0) is 17.2. The molecule has 0 spiro atoms. The van der Waals surface area contributed by atoms with Crippen LogP contribution in [0.15, 0.2) is 34.9 Å². The van der Waals surface area contributed by atoms with Gasteiger partial charge in [-0.25, -0.2) is 0 Å². The van der Waals surface area contributed by atoms with Crippen molar-refractivity contribution in [3.05, 3.63) is 47.6 Å². The molecule has 5 nitrogen and oxygen atoms in total. The van der Waals surface area contributed by atoms with Gasteiger partial charge in [0.2, 0.25) is 5.89 Å². The van der Waals surface area contributed by atoms with Gasteiger partial charge < -0.3 is 9.63 Å². The Hall–Kier alpha value is -1.72. The number of hydrogen-bond acceptors (Lipinski definition) is 5. The van der Waals surface area contributed by atoms with Crippen LogP contribution in [0.1, 0.15) is 50.9 Å². The lowest BCUT2D eigenvalue weighted by molar-refractivity contribution is 0.0914. The van der Waals surface area contributed by atoms with Gasteiger partial charge in [0.15, 0.2) is 5.82 Å². The molecule has 2 aromatic rings. The first kappa shape index (κ1) is 17.1. The summed E-state index contributed by atoms with van der Waals surface area (Å²) in [5.74, 6) is 1.92. The molecule has 3 rings (SSSR count). The highest BCUT2D eigenvalue weighted by molar-refractivity contribution is 5.15. The van der Waals surface area contributed by atoms with Crippen molar-refractivity contribution in [2.24, 2.45) is 5.92 Å². The molecule has 0 bridgehead atoms. The lowest BCUT2D eigenvalue weighted by Crippen LogP contribution is -2.39. The van der Waals surface area contributed by atoms with Crippen molar-refractivity contribution in [3.8, 4) is 0 Å². The minimum Gasteiger partial charge on any atom is -0.395 e. The molecule has 5 heteroatoms. The molecule has 0 radical (unpaired) electrons. The lowest BCUT2D eigenvalue weighted by atomic mass is 9.97. The SMILES string of the molecule is CC(C)(C)c1nc(CN(Cc2ccccc2)C(CO)C2CC2)no1. The molecule has 1 aliphatic rings. The smallest absolute Gasteiger partial charge is 0.232 e. The summed E-state index contributed by atoms with van der Waals surface area (Å²) in [5, 5.41) is 14.0. The van der Waals surface area contributed by atoms with Crippen LogP contribution in [-0.2, 0) is 18.5 Å². The van der Waals surface area contributed by atoms with E-state index in [1.54, 1.807) is 0 Å². The number of hydrogen-bond donors (Lipinski definition) is 1. The van der Waals surface area contributed by atoms with Crippen molar-refractivity contribution in [2.75, 3.05) is 6.61 Å². The van der Waals surface area contributed by atoms with Crippen LogP contribution in [0.5, 0.6) is 0 Å². The lowest BCUT2D eigenvalue weighted by Gasteiger charge is -2.29. The summed E-state index contributed by atoms with van der Waals surface area (Å²) < 4.78 is 5.42. The summed E-state index contributed by atoms with van der Waals surface area (Å²) in [7, 11) is 0. The third-order valence-electron chi connectivity index (χ3n) is 4.50. The second-order valence-electron chi connectivity index (χ2n) is 7.74. The zero-order valence-electron chi connectivity index (χ0n) is 14.8. The molecule has 1 unspecified atom stereocenters.